The van der Waals surface area contributed by atoms with Gasteiger partial charge in [0.15, 0.2) is 0 Å². The van der Waals surface area contributed by atoms with E-state index in [1.807, 2.05) is 44.2 Å². The number of amides is 3. The Bertz CT molecular complexity index is 1700. The second-order valence-corrected chi connectivity index (χ2v) is 14.7. The van der Waals surface area contributed by atoms with Crippen LogP contribution in [0.2, 0.25) is 0 Å². The fraction of sp³-hybridized carbons (Fsp3) is 0.487. The molecule has 2 fully saturated rings. The maximum Gasteiger partial charge on any atom is 0.313 e. The molecule has 2 N–H and O–H groups in total. The molecule has 0 unspecified atom stereocenters. The van der Waals surface area contributed by atoms with Gasteiger partial charge >= 0.3 is 5.97 Å². The van der Waals surface area contributed by atoms with Crippen molar-refractivity contribution in [3.05, 3.63) is 82.9 Å². The first-order valence-electron chi connectivity index (χ1n) is 17.7. The molecular weight excluding hydrogens is 734 g/mol. The molecule has 52 heavy (non-hydrogen) atoms. The monoisotopic (exact) mass is 779 g/mol. The zero-order chi connectivity index (χ0) is 37.2. The number of esters is 1. The van der Waals surface area contributed by atoms with Crippen molar-refractivity contribution >= 4 is 45.3 Å². The SMILES string of the molecule is CC[C@H](C)[C@H](CO)N1C(=O)[C@@H]2[C@H]3C(=O)O[C@@H](c4ccccc4)[C@H](COC)NC(=O)CC/C=C\CN(c4ccc(OC)cc4)C(=O)[C@@H]1[C@]21C=C(Br)[C@H]3O1. The number of allylic oxidation sites excluding steroid dienone is 1. The molecule has 0 aliphatic carbocycles. The number of cyclic esters (lactones) is 1. The highest BCUT2D eigenvalue weighted by atomic mass is 79.9. The molecule has 9 atom stereocenters. The van der Waals surface area contributed by atoms with Crippen molar-refractivity contribution in [2.45, 2.75) is 69.0 Å². The van der Waals surface area contributed by atoms with Gasteiger partial charge in [0.1, 0.15) is 35.5 Å². The number of aliphatic hydroxyl groups excluding tert-OH is 1. The summed E-state index contributed by atoms with van der Waals surface area (Å²) >= 11 is 3.62. The van der Waals surface area contributed by atoms with Crippen LogP contribution in [0.4, 0.5) is 5.69 Å². The van der Waals surface area contributed by atoms with Crippen LogP contribution in [0.1, 0.15) is 44.8 Å². The van der Waals surface area contributed by atoms with E-state index in [1.54, 1.807) is 54.5 Å². The topological polar surface area (TPSA) is 144 Å². The van der Waals surface area contributed by atoms with Gasteiger partial charge in [0.2, 0.25) is 11.8 Å². The Morgan fingerprint density at radius 2 is 1.75 bits per heavy atom. The van der Waals surface area contributed by atoms with Gasteiger partial charge in [-0.3, -0.25) is 19.2 Å². The van der Waals surface area contributed by atoms with Crippen molar-refractivity contribution in [2.24, 2.45) is 17.8 Å². The molecule has 278 valence electrons. The average Bonchev–Trinajstić information content (AvgIpc) is 3.75. The van der Waals surface area contributed by atoms with Crippen molar-refractivity contribution in [2.75, 3.05) is 38.9 Å². The van der Waals surface area contributed by atoms with Crippen LogP contribution in [0.3, 0.4) is 0 Å². The summed E-state index contributed by atoms with van der Waals surface area (Å²) in [6, 6.07) is 13.3. The van der Waals surface area contributed by atoms with Gasteiger partial charge in [-0.1, -0.05) is 78.7 Å². The number of hydrogen-bond donors (Lipinski definition) is 2. The summed E-state index contributed by atoms with van der Waals surface area (Å²) in [5, 5.41) is 13.8. The van der Waals surface area contributed by atoms with Crippen molar-refractivity contribution in [1.82, 2.24) is 10.2 Å². The number of carbonyl (C=O) groups is 4. The molecule has 0 saturated carbocycles. The molecule has 12 nitrogen and oxygen atoms in total. The van der Waals surface area contributed by atoms with Crippen LogP contribution in [0, 0.1) is 17.8 Å². The van der Waals surface area contributed by atoms with Gasteiger partial charge < -0.3 is 39.2 Å². The Labute approximate surface area is 312 Å². The molecule has 2 aromatic rings. The van der Waals surface area contributed by atoms with Crippen molar-refractivity contribution < 1.29 is 43.2 Å². The number of aliphatic hydroxyl groups is 1. The number of carbonyl (C=O) groups excluding carboxylic acids is 4. The number of hydrogen-bond acceptors (Lipinski definition) is 9. The van der Waals surface area contributed by atoms with E-state index in [0.29, 0.717) is 34.3 Å². The summed E-state index contributed by atoms with van der Waals surface area (Å²) in [6.07, 6.45) is 4.65. The van der Waals surface area contributed by atoms with Gasteiger partial charge in [-0.2, -0.15) is 0 Å². The number of methoxy groups -OCH3 is 2. The van der Waals surface area contributed by atoms with Crippen LogP contribution in [0.15, 0.2) is 77.3 Å². The van der Waals surface area contributed by atoms with Gasteiger partial charge in [-0.25, -0.2) is 0 Å². The molecule has 13 heteroatoms. The third-order valence-electron chi connectivity index (χ3n) is 10.8. The third-order valence-corrected chi connectivity index (χ3v) is 11.5. The molecule has 2 aromatic carbocycles. The Morgan fingerprint density at radius 3 is 2.40 bits per heavy atom. The largest absolute Gasteiger partial charge is 0.497 e. The smallest absolute Gasteiger partial charge is 0.313 e. The first-order chi connectivity index (χ1) is 25.1. The van der Waals surface area contributed by atoms with Crippen LogP contribution < -0.4 is 15.0 Å². The van der Waals surface area contributed by atoms with Crippen molar-refractivity contribution in [3.8, 4) is 5.75 Å². The van der Waals surface area contributed by atoms with Crippen molar-refractivity contribution in [1.29, 1.82) is 0 Å². The maximum atomic E-state index is 15.2. The third kappa shape index (κ3) is 6.79. The van der Waals surface area contributed by atoms with Gasteiger partial charge in [0, 0.05) is 30.2 Å². The number of nitrogens with zero attached hydrogens (tertiary/aromatic N) is 2. The number of rotatable bonds is 9. The number of fused-ring (bicyclic) bond motifs is 2. The zero-order valence-electron chi connectivity index (χ0n) is 29.8. The number of anilines is 1. The fourth-order valence-electron chi connectivity index (χ4n) is 8.01. The lowest BCUT2D eigenvalue weighted by atomic mass is 9.74. The highest BCUT2D eigenvalue weighted by Gasteiger charge is 2.75. The van der Waals surface area contributed by atoms with Gasteiger partial charge in [-0.15, -0.1) is 0 Å². The van der Waals surface area contributed by atoms with E-state index in [2.05, 4.69) is 21.2 Å². The van der Waals surface area contributed by atoms with Gasteiger partial charge in [-0.05, 0) is 48.2 Å². The number of ether oxygens (including phenoxy) is 4. The summed E-state index contributed by atoms with van der Waals surface area (Å²) in [7, 11) is 3.06. The standard InChI is InChI=1S/C39H46BrN3O9/c1-5-23(2)29(21-44)43-35-37(47)42(25-15-17-26(50-4)18-16-25)19-11-7-10-14-30(45)41-28(22-49-3)33(24-12-8-6-9-13-24)51-38(48)31-32(36(43)46)39(35)20-27(40)34(31)52-39/h6-9,11-13,15-18,20,23,28-29,31-35,44H,5,10,14,19,21-22H2,1-4H3,(H,41,45)/b11-7-/t23-,28-,29-,31+,32-,33-,34+,35+,39-/m0/s1. The number of likely N-dealkylation sites (tertiary alicyclic amines) is 1. The quantitative estimate of drug-likeness (QED) is 0.285. The Morgan fingerprint density at radius 1 is 1.02 bits per heavy atom. The summed E-state index contributed by atoms with van der Waals surface area (Å²) < 4.78 is 24.4. The van der Waals surface area contributed by atoms with Crippen molar-refractivity contribution in [3.63, 3.8) is 0 Å². The summed E-state index contributed by atoms with van der Waals surface area (Å²) in [6.45, 7) is 3.65. The van der Waals surface area contributed by atoms with Crippen LogP contribution in [0.5, 0.6) is 5.75 Å². The lowest BCUT2D eigenvalue weighted by Gasteiger charge is -2.40. The van der Waals surface area contributed by atoms with E-state index in [1.165, 1.54) is 12.0 Å². The lowest BCUT2D eigenvalue weighted by Crippen LogP contribution is -2.59. The normalized spacial score (nSPS) is 31.1. The van der Waals surface area contributed by atoms with Gasteiger partial charge in [0.05, 0.1) is 38.3 Å². The van der Waals surface area contributed by atoms with E-state index in [-0.39, 0.29) is 31.4 Å². The highest BCUT2D eigenvalue weighted by Crippen LogP contribution is 2.59. The second-order valence-electron chi connectivity index (χ2n) is 13.8. The summed E-state index contributed by atoms with van der Waals surface area (Å²) in [4.78, 5) is 61.1. The Hall–Kier alpha value is -4.04. The van der Waals surface area contributed by atoms with E-state index in [9.17, 15) is 19.5 Å². The minimum absolute atomic E-state index is 0.0448. The molecule has 4 aliphatic rings. The molecule has 4 aliphatic heterocycles. The minimum atomic E-state index is -1.55. The fourth-order valence-corrected chi connectivity index (χ4v) is 8.75. The van der Waals surface area contributed by atoms with E-state index in [4.69, 9.17) is 18.9 Å². The summed E-state index contributed by atoms with van der Waals surface area (Å²) in [5.74, 6) is -3.76. The molecule has 5 bridgehead atoms. The number of halogens is 1. The molecule has 2 saturated heterocycles. The minimum Gasteiger partial charge on any atom is -0.497 e. The summed E-state index contributed by atoms with van der Waals surface area (Å²) in [5.41, 5.74) is -0.376. The molecule has 0 aromatic heterocycles. The number of nitrogens with one attached hydrogen (secondary N) is 1. The molecule has 0 radical (unpaired) electrons. The molecule has 3 amide bonds. The molecular formula is C39H46BrN3O9. The number of benzene rings is 2. The zero-order valence-corrected chi connectivity index (χ0v) is 31.4. The first kappa shape index (κ1) is 37.7. The molecule has 1 spiro atoms. The van der Waals surface area contributed by atoms with E-state index < -0.39 is 72.2 Å². The van der Waals surface area contributed by atoms with E-state index >= 15 is 4.79 Å². The van der Waals surface area contributed by atoms with Gasteiger partial charge in [0.25, 0.3) is 5.91 Å². The van der Waals surface area contributed by atoms with Crippen LogP contribution >= 0.6 is 15.9 Å². The first-order valence-corrected chi connectivity index (χ1v) is 18.5. The Kier molecular flexibility index (Phi) is 11.5. The highest BCUT2D eigenvalue weighted by molar-refractivity contribution is 9.11. The lowest BCUT2D eigenvalue weighted by molar-refractivity contribution is -0.163. The molecule has 6 rings (SSSR count). The van der Waals surface area contributed by atoms with Crippen LogP contribution in [0.25, 0.3) is 0 Å². The predicted molar refractivity (Wildman–Crippen MR) is 195 cm³/mol. The van der Waals surface area contributed by atoms with Crippen LogP contribution in [-0.2, 0) is 33.4 Å². The molecule has 4 heterocycles. The average molecular weight is 781 g/mol. The Balaban J connectivity index is 1.51. The van der Waals surface area contributed by atoms with Crippen LogP contribution in [-0.4, -0.2) is 97.5 Å². The maximum absolute atomic E-state index is 15.2. The predicted octanol–water partition coefficient (Wildman–Crippen LogP) is 4.07. The van der Waals surface area contributed by atoms with E-state index in [0.717, 1.165) is 0 Å². The second kappa shape index (κ2) is 15.9.